The molecule has 108 valence electrons. The molecule has 0 aliphatic carbocycles. The van der Waals surface area contributed by atoms with Crippen LogP contribution in [0.3, 0.4) is 0 Å². The maximum absolute atomic E-state index is 11.7. The monoisotopic (exact) mass is 266 g/mol. The van der Waals surface area contributed by atoms with Gasteiger partial charge in [-0.2, -0.15) is 0 Å². The maximum atomic E-state index is 11.7. The second-order valence-electron chi connectivity index (χ2n) is 5.54. The second kappa shape index (κ2) is 6.70. The van der Waals surface area contributed by atoms with E-state index in [0.29, 0.717) is 6.04 Å². The molecule has 0 aliphatic heterocycles. The molecule has 19 heavy (non-hydrogen) atoms. The molecule has 5 heteroatoms. The molecule has 0 saturated carbocycles. The van der Waals surface area contributed by atoms with Gasteiger partial charge in [0.1, 0.15) is 11.6 Å². The smallest absolute Gasteiger partial charge is 0.252 e. The van der Waals surface area contributed by atoms with Gasteiger partial charge in [-0.15, -0.1) is 0 Å². The zero-order valence-electron chi connectivity index (χ0n) is 12.9. The van der Waals surface area contributed by atoms with Gasteiger partial charge in [-0.05, 0) is 27.9 Å². The molecule has 1 unspecified atom stereocenters. The Morgan fingerprint density at radius 2 is 1.95 bits per heavy atom. The summed E-state index contributed by atoms with van der Waals surface area (Å²) in [5.74, 6) is 1.73. The number of rotatable bonds is 6. The predicted molar refractivity (Wildman–Crippen MR) is 80.0 cm³/mol. The minimum atomic E-state index is -0.0794. The number of likely N-dealkylation sites (N-methyl/N-ethyl adjacent to an activating group) is 2. The summed E-state index contributed by atoms with van der Waals surface area (Å²) >= 11 is 0. The van der Waals surface area contributed by atoms with Crippen LogP contribution in [0.4, 0.5) is 5.82 Å². The Hall–Kier alpha value is -1.36. The topological polar surface area (TPSA) is 52.2 Å². The van der Waals surface area contributed by atoms with Gasteiger partial charge in [0, 0.05) is 31.1 Å². The third-order valence-corrected chi connectivity index (χ3v) is 3.09. The average molecular weight is 266 g/mol. The van der Waals surface area contributed by atoms with Crippen LogP contribution in [0.5, 0.6) is 0 Å². The van der Waals surface area contributed by atoms with Crippen molar-refractivity contribution >= 4 is 5.82 Å². The molecular weight excluding hydrogens is 240 g/mol. The highest BCUT2D eigenvalue weighted by Gasteiger charge is 2.16. The first-order valence-electron chi connectivity index (χ1n) is 6.87. The molecule has 0 aromatic carbocycles. The fraction of sp³-hybridized carbons (Fsp3) is 0.714. The Morgan fingerprint density at radius 3 is 2.42 bits per heavy atom. The van der Waals surface area contributed by atoms with E-state index in [9.17, 15) is 4.79 Å². The van der Waals surface area contributed by atoms with Gasteiger partial charge in [-0.3, -0.25) is 4.79 Å². The van der Waals surface area contributed by atoms with Crippen LogP contribution >= 0.6 is 0 Å². The van der Waals surface area contributed by atoms with Crippen LogP contribution in [-0.4, -0.2) is 48.1 Å². The lowest BCUT2D eigenvalue weighted by molar-refractivity contribution is 0.372. The number of nitrogens with zero attached hydrogens (tertiary/aromatic N) is 3. The van der Waals surface area contributed by atoms with E-state index in [0.717, 1.165) is 24.7 Å². The molecular formula is C14H26N4O. The molecule has 0 amide bonds. The minimum Gasteiger partial charge on any atom is -0.353 e. The molecule has 1 rings (SSSR count). The van der Waals surface area contributed by atoms with E-state index in [1.165, 1.54) is 0 Å². The summed E-state index contributed by atoms with van der Waals surface area (Å²) in [5.41, 5.74) is -0.0794. The number of nitrogens with one attached hydrogen (secondary N) is 1. The summed E-state index contributed by atoms with van der Waals surface area (Å²) in [4.78, 5) is 23.4. The van der Waals surface area contributed by atoms with Crippen LogP contribution in [0, 0.1) is 0 Å². The van der Waals surface area contributed by atoms with Crippen molar-refractivity contribution < 1.29 is 0 Å². The lowest BCUT2D eigenvalue weighted by atomic mass is 10.2. The molecule has 1 aromatic rings. The van der Waals surface area contributed by atoms with Crippen LogP contribution in [0.15, 0.2) is 10.9 Å². The minimum absolute atomic E-state index is 0.0794. The fourth-order valence-electron chi connectivity index (χ4n) is 2.21. The van der Waals surface area contributed by atoms with Gasteiger partial charge in [0.15, 0.2) is 0 Å². The first kappa shape index (κ1) is 15.7. The third kappa shape index (κ3) is 4.35. The molecule has 0 saturated heterocycles. The molecule has 0 bridgehead atoms. The fourth-order valence-corrected chi connectivity index (χ4v) is 2.21. The molecule has 1 heterocycles. The van der Waals surface area contributed by atoms with Crippen molar-refractivity contribution in [3.8, 4) is 0 Å². The Labute approximate surface area is 115 Å². The van der Waals surface area contributed by atoms with Crippen LogP contribution < -0.4 is 10.5 Å². The largest absolute Gasteiger partial charge is 0.353 e. The molecule has 1 aromatic heterocycles. The van der Waals surface area contributed by atoms with Crippen LogP contribution in [0.25, 0.3) is 0 Å². The average Bonchev–Trinajstić information content (AvgIpc) is 2.27. The zero-order valence-corrected chi connectivity index (χ0v) is 12.9. The standard InChI is InChI=1S/C14H26N4O/c1-7-18(11(4)9-17(5)6)12-8-13(19)16-14(15-12)10(2)3/h8,10-11H,7,9H2,1-6H3,(H,15,16,19). The van der Waals surface area contributed by atoms with E-state index < -0.39 is 0 Å². The molecule has 5 nitrogen and oxygen atoms in total. The highest BCUT2D eigenvalue weighted by atomic mass is 16.1. The van der Waals surface area contributed by atoms with Crippen LogP contribution in [-0.2, 0) is 0 Å². The normalized spacial score (nSPS) is 13.1. The van der Waals surface area contributed by atoms with E-state index >= 15 is 0 Å². The number of anilines is 1. The van der Waals surface area contributed by atoms with Gasteiger partial charge < -0.3 is 14.8 Å². The number of aromatic nitrogens is 2. The molecule has 0 fully saturated rings. The molecule has 0 radical (unpaired) electrons. The Balaban J connectivity index is 3.07. The van der Waals surface area contributed by atoms with Gasteiger partial charge in [0.05, 0.1) is 0 Å². The summed E-state index contributed by atoms with van der Waals surface area (Å²) in [6.07, 6.45) is 0. The van der Waals surface area contributed by atoms with Crippen molar-refractivity contribution in [1.29, 1.82) is 0 Å². The maximum Gasteiger partial charge on any atom is 0.252 e. The van der Waals surface area contributed by atoms with Crippen molar-refractivity contribution in [2.75, 3.05) is 32.1 Å². The van der Waals surface area contributed by atoms with Gasteiger partial charge in [-0.25, -0.2) is 4.98 Å². The quantitative estimate of drug-likeness (QED) is 0.851. The number of H-pyrrole nitrogens is 1. The van der Waals surface area contributed by atoms with Crippen molar-refractivity contribution in [3.63, 3.8) is 0 Å². The number of hydrogen-bond acceptors (Lipinski definition) is 4. The summed E-state index contributed by atoms with van der Waals surface area (Å²) in [6, 6.07) is 1.90. The summed E-state index contributed by atoms with van der Waals surface area (Å²) in [5, 5.41) is 0. The van der Waals surface area contributed by atoms with Crippen molar-refractivity contribution in [1.82, 2.24) is 14.9 Å². The first-order valence-corrected chi connectivity index (χ1v) is 6.87. The van der Waals surface area contributed by atoms with E-state index in [2.05, 4.69) is 47.7 Å². The van der Waals surface area contributed by atoms with E-state index in [1.807, 2.05) is 13.8 Å². The highest BCUT2D eigenvalue weighted by molar-refractivity contribution is 5.39. The lowest BCUT2D eigenvalue weighted by Gasteiger charge is -2.31. The molecule has 0 spiro atoms. The van der Waals surface area contributed by atoms with Gasteiger partial charge in [0.2, 0.25) is 0 Å². The summed E-state index contributed by atoms with van der Waals surface area (Å²) in [7, 11) is 4.10. The van der Waals surface area contributed by atoms with Gasteiger partial charge in [0.25, 0.3) is 5.56 Å². The Morgan fingerprint density at radius 1 is 1.32 bits per heavy atom. The lowest BCUT2D eigenvalue weighted by Crippen LogP contribution is -2.41. The van der Waals surface area contributed by atoms with Crippen LogP contribution in [0.2, 0.25) is 0 Å². The number of hydrogen-bond donors (Lipinski definition) is 1. The zero-order chi connectivity index (χ0) is 14.6. The summed E-state index contributed by atoms with van der Waals surface area (Å²) in [6.45, 7) is 10.1. The Bertz CT molecular complexity index is 453. The molecule has 1 atom stereocenters. The van der Waals surface area contributed by atoms with E-state index in [-0.39, 0.29) is 11.5 Å². The summed E-state index contributed by atoms with van der Waals surface area (Å²) < 4.78 is 0. The van der Waals surface area contributed by atoms with Crippen molar-refractivity contribution in [2.24, 2.45) is 0 Å². The third-order valence-electron chi connectivity index (χ3n) is 3.09. The van der Waals surface area contributed by atoms with E-state index in [4.69, 9.17) is 0 Å². The van der Waals surface area contributed by atoms with Gasteiger partial charge in [-0.1, -0.05) is 13.8 Å². The van der Waals surface area contributed by atoms with Crippen LogP contribution in [0.1, 0.15) is 39.4 Å². The van der Waals surface area contributed by atoms with E-state index in [1.54, 1.807) is 6.07 Å². The van der Waals surface area contributed by atoms with Crippen molar-refractivity contribution in [2.45, 2.75) is 39.7 Å². The Kier molecular flexibility index (Phi) is 5.54. The number of aromatic amines is 1. The predicted octanol–water partition coefficient (Wildman–Crippen LogP) is 1.67. The highest BCUT2D eigenvalue weighted by Crippen LogP contribution is 2.15. The first-order chi connectivity index (χ1) is 8.85. The van der Waals surface area contributed by atoms with Gasteiger partial charge >= 0.3 is 0 Å². The molecule has 0 aliphatic rings. The SMILES string of the molecule is CCN(c1cc(=O)[nH]c(C(C)C)n1)C(C)CN(C)C. The van der Waals surface area contributed by atoms with Crippen molar-refractivity contribution in [3.05, 3.63) is 22.2 Å². The molecule has 1 N–H and O–H groups in total. The second-order valence-corrected chi connectivity index (χ2v) is 5.54.